The van der Waals surface area contributed by atoms with Crippen LogP contribution in [0.5, 0.6) is 0 Å². The summed E-state index contributed by atoms with van der Waals surface area (Å²) in [6.07, 6.45) is 2.46. The van der Waals surface area contributed by atoms with Gasteiger partial charge in [0.2, 0.25) is 0 Å². The number of piperidine rings is 1. The average Bonchev–Trinajstić information content (AvgIpc) is 2.85. The molecule has 3 atom stereocenters. The number of carbonyl (C=O) groups excluding carboxylic acids is 1. The van der Waals surface area contributed by atoms with Crippen molar-refractivity contribution in [1.82, 2.24) is 4.90 Å². The number of ether oxygens (including phenoxy) is 2. The molecular weight excluding hydrogens is 310 g/mol. The Hall–Kier alpha value is -1.07. The molecule has 1 saturated heterocycles. The summed E-state index contributed by atoms with van der Waals surface area (Å²) < 4.78 is 11.9. The number of hydrogen-bond donors (Lipinski definition) is 0. The first kappa shape index (κ1) is 16.8. The fraction of sp³-hybridized carbons (Fsp3) is 0.722. The molecular formula is C18H27NO3S. The second-order valence-electron chi connectivity index (χ2n) is 7.86. The van der Waals surface area contributed by atoms with Crippen molar-refractivity contribution in [1.29, 1.82) is 0 Å². The second-order valence-corrected chi connectivity index (χ2v) is 8.78. The summed E-state index contributed by atoms with van der Waals surface area (Å²) in [6.45, 7) is 10.7. The molecule has 1 unspecified atom stereocenters. The molecule has 3 heterocycles. The zero-order valence-corrected chi connectivity index (χ0v) is 15.5. The summed E-state index contributed by atoms with van der Waals surface area (Å²) in [7, 11) is 0. The van der Waals surface area contributed by atoms with Crippen molar-refractivity contribution in [2.24, 2.45) is 0 Å². The maximum Gasteiger partial charge on any atom is 0.410 e. The molecule has 0 radical (unpaired) electrons. The number of nitrogens with zero attached hydrogens (tertiary/aromatic N) is 1. The SMILES string of the molecule is C[C@@H]1CC2(C[C@H](C)N1C(=O)OC(C)(C)C)OCCc1ccsc12. The van der Waals surface area contributed by atoms with Crippen LogP contribution in [0.15, 0.2) is 11.4 Å². The van der Waals surface area contributed by atoms with Crippen LogP contribution in [-0.2, 0) is 21.5 Å². The predicted molar refractivity (Wildman–Crippen MR) is 91.9 cm³/mol. The van der Waals surface area contributed by atoms with Crippen molar-refractivity contribution in [3.05, 3.63) is 21.9 Å². The van der Waals surface area contributed by atoms with Gasteiger partial charge in [-0.2, -0.15) is 0 Å². The van der Waals surface area contributed by atoms with Gasteiger partial charge in [0.25, 0.3) is 0 Å². The Balaban J connectivity index is 1.82. The van der Waals surface area contributed by atoms with Crippen molar-refractivity contribution in [3.8, 4) is 0 Å². The van der Waals surface area contributed by atoms with E-state index in [4.69, 9.17) is 9.47 Å². The molecule has 3 rings (SSSR count). The van der Waals surface area contributed by atoms with Crippen LogP contribution >= 0.6 is 11.3 Å². The van der Waals surface area contributed by atoms with E-state index in [-0.39, 0.29) is 23.8 Å². The summed E-state index contributed by atoms with van der Waals surface area (Å²) in [5, 5.41) is 2.16. The Kier molecular flexibility index (Phi) is 4.21. The minimum absolute atomic E-state index is 0.0987. The fourth-order valence-electron chi connectivity index (χ4n) is 4.00. The van der Waals surface area contributed by atoms with Crippen molar-refractivity contribution in [2.75, 3.05) is 6.61 Å². The molecule has 128 valence electrons. The Labute approximate surface area is 142 Å². The zero-order chi connectivity index (χ0) is 16.8. The summed E-state index contributed by atoms with van der Waals surface area (Å²) >= 11 is 1.79. The van der Waals surface area contributed by atoms with Gasteiger partial charge in [0.1, 0.15) is 11.2 Å². The highest BCUT2D eigenvalue weighted by atomic mass is 32.1. The monoisotopic (exact) mass is 337 g/mol. The standard InChI is InChI=1S/C18H27NO3S/c1-12-10-18(15-14(6-8-21-18)7-9-23-15)11-13(2)19(12)16(20)22-17(3,4)5/h7,9,12-13H,6,8,10-11H2,1-5H3/t12-,13+,18?. The molecule has 0 N–H and O–H groups in total. The van der Waals surface area contributed by atoms with Crippen molar-refractivity contribution < 1.29 is 14.3 Å². The van der Waals surface area contributed by atoms with Crippen LogP contribution in [0.25, 0.3) is 0 Å². The molecule has 0 saturated carbocycles. The van der Waals surface area contributed by atoms with E-state index in [0.29, 0.717) is 0 Å². The van der Waals surface area contributed by atoms with Crippen molar-refractivity contribution >= 4 is 17.4 Å². The number of hydrogen-bond acceptors (Lipinski definition) is 4. The van der Waals surface area contributed by atoms with Crippen LogP contribution in [0.3, 0.4) is 0 Å². The topological polar surface area (TPSA) is 38.8 Å². The summed E-state index contributed by atoms with van der Waals surface area (Å²) in [6, 6.07) is 2.42. The summed E-state index contributed by atoms with van der Waals surface area (Å²) in [4.78, 5) is 15.8. The first-order valence-electron chi connectivity index (χ1n) is 8.44. The van der Waals surface area contributed by atoms with Crippen LogP contribution in [-0.4, -0.2) is 35.3 Å². The molecule has 1 spiro atoms. The van der Waals surface area contributed by atoms with E-state index >= 15 is 0 Å². The minimum Gasteiger partial charge on any atom is -0.444 e. The van der Waals surface area contributed by atoms with E-state index in [1.54, 1.807) is 11.3 Å². The lowest BCUT2D eigenvalue weighted by atomic mass is 9.79. The molecule has 2 aliphatic heterocycles. The van der Waals surface area contributed by atoms with Crippen LogP contribution < -0.4 is 0 Å². The van der Waals surface area contributed by atoms with Gasteiger partial charge in [0.15, 0.2) is 0 Å². The Bertz CT molecular complexity index is 577. The van der Waals surface area contributed by atoms with Gasteiger partial charge < -0.3 is 14.4 Å². The third-order valence-electron chi connectivity index (χ3n) is 4.71. The van der Waals surface area contributed by atoms with E-state index in [2.05, 4.69) is 25.3 Å². The molecule has 1 fully saturated rings. The molecule has 1 aromatic rings. The summed E-state index contributed by atoms with van der Waals surface area (Å²) in [5.41, 5.74) is 0.735. The highest BCUT2D eigenvalue weighted by Crippen LogP contribution is 2.47. The summed E-state index contributed by atoms with van der Waals surface area (Å²) in [5.74, 6) is 0. The number of carbonyl (C=O) groups is 1. The minimum atomic E-state index is -0.464. The molecule has 23 heavy (non-hydrogen) atoms. The molecule has 0 bridgehead atoms. The second kappa shape index (κ2) is 5.78. The molecule has 5 heteroatoms. The fourth-order valence-corrected chi connectivity index (χ4v) is 5.13. The highest BCUT2D eigenvalue weighted by Gasteiger charge is 2.49. The van der Waals surface area contributed by atoms with Gasteiger partial charge >= 0.3 is 6.09 Å². The van der Waals surface area contributed by atoms with E-state index in [0.717, 1.165) is 25.9 Å². The van der Waals surface area contributed by atoms with Crippen molar-refractivity contribution in [3.63, 3.8) is 0 Å². The molecule has 0 aliphatic carbocycles. The molecule has 2 aliphatic rings. The van der Waals surface area contributed by atoms with E-state index in [9.17, 15) is 4.79 Å². The van der Waals surface area contributed by atoms with Crippen LogP contribution in [0.2, 0.25) is 0 Å². The van der Waals surface area contributed by atoms with Gasteiger partial charge in [-0.25, -0.2) is 4.79 Å². The Morgan fingerprint density at radius 2 is 2.00 bits per heavy atom. The third kappa shape index (κ3) is 3.13. The number of likely N-dealkylation sites (tertiary alicyclic amines) is 1. The lowest BCUT2D eigenvalue weighted by Gasteiger charge is -2.50. The third-order valence-corrected chi connectivity index (χ3v) is 5.86. The number of rotatable bonds is 0. The predicted octanol–water partition coefficient (Wildman–Crippen LogP) is 4.32. The van der Waals surface area contributed by atoms with E-state index < -0.39 is 5.60 Å². The van der Waals surface area contributed by atoms with E-state index in [1.165, 1.54) is 10.4 Å². The number of fused-ring (bicyclic) bond motifs is 2. The molecule has 0 aromatic carbocycles. The first-order valence-corrected chi connectivity index (χ1v) is 9.32. The maximum absolute atomic E-state index is 12.6. The average molecular weight is 337 g/mol. The maximum atomic E-state index is 12.6. The van der Waals surface area contributed by atoms with Crippen LogP contribution in [0.1, 0.15) is 57.9 Å². The highest BCUT2D eigenvalue weighted by molar-refractivity contribution is 7.10. The molecule has 4 nitrogen and oxygen atoms in total. The lowest BCUT2D eigenvalue weighted by Crippen LogP contribution is -2.57. The van der Waals surface area contributed by atoms with Crippen molar-refractivity contribution in [2.45, 2.75) is 77.2 Å². The van der Waals surface area contributed by atoms with Gasteiger partial charge in [-0.1, -0.05) is 0 Å². The van der Waals surface area contributed by atoms with E-state index in [1.807, 2.05) is 25.7 Å². The number of amides is 1. The largest absolute Gasteiger partial charge is 0.444 e. The van der Waals surface area contributed by atoms with Gasteiger partial charge in [-0.15, -0.1) is 11.3 Å². The van der Waals surface area contributed by atoms with Gasteiger partial charge in [-0.05, 0) is 58.0 Å². The first-order chi connectivity index (χ1) is 10.7. The quantitative estimate of drug-likeness (QED) is 0.707. The molecule has 1 amide bonds. The molecule has 1 aromatic heterocycles. The smallest absolute Gasteiger partial charge is 0.410 e. The lowest BCUT2D eigenvalue weighted by molar-refractivity contribution is -0.122. The van der Waals surface area contributed by atoms with Gasteiger partial charge in [0, 0.05) is 29.8 Å². The normalized spacial score (nSPS) is 31.1. The Morgan fingerprint density at radius 1 is 1.35 bits per heavy atom. The van der Waals surface area contributed by atoms with Crippen LogP contribution in [0, 0.1) is 0 Å². The zero-order valence-electron chi connectivity index (χ0n) is 14.7. The van der Waals surface area contributed by atoms with Gasteiger partial charge in [0.05, 0.1) is 6.61 Å². The Morgan fingerprint density at radius 3 is 2.61 bits per heavy atom. The number of thiophene rings is 1. The van der Waals surface area contributed by atoms with Crippen LogP contribution in [0.4, 0.5) is 4.79 Å². The van der Waals surface area contributed by atoms with Gasteiger partial charge in [-0.3, -0.25) is 0 Å².